The molecule has 78 valence electrons. The van der Waals surface area contributed by atoms with E-state index >= 15 is 0 Å². The number of aliphatic hydroxyl groups is 1. The Morgan fingerprint density at radius 1 is 1.33 bits per heavy atom. The van der Waals surface area contributed by atoms with E-state index in [0.717, 1.165) is 5.69 Å². The number of halogens is 1. The Labute approximate surface area is 90.2 Å². The van der Waals surface area contributed by atoms with Gasteiger partial charge in [-0.1, -0.05) is 0 Å². The molecule has 3 nitrogen and oxygen atoms in total. The molecule has 0 saturated carbocycles. The standard InChI is InChI=1S/C10H9FN2OS/c11-7-1-3-8(4-2-7)12-10-13-9(5-14)6-15-10/h1-4,6,14H,5H2,(H,12,13). The van der Waals surface area contributed by atoms with Crippen LogP contribution >= 0.6 is 11.3 Å². The lowest BCUT2D eigenvalue weighted by Gasteiger charge is -2.01. The number of nitrogens with zero attached hydrogens (tertiary/aromatic N) is 1. The first-order chi connectivity index (χ1) is 7.28. The van der Waals surface area contributed by atoms with Crippen LogP contribution in [0.2, 0.25) is 0 Å². The second-order valence-corrected chi connectivity index (χ2v) is 3.79. The molecule has 5 heteroatoms. The molecule has 0 unspecified atom stereocenters. The fourth-order valence-corrected chi connectivity index (χ4v) is 1.82. The fourth-order valence-electron chi connectivity index (χ4n) is 1.09. The SMILES string of the molecule is OCc1csc(Nc2ccc(F)cc2)n1. The lowest BCUT2D eigenvalue weighted by Crippen LogP contribution is -1.90. The minimum Gasteiger partial charge on any atom is -0.390 e. The lowest BCUT2D eigenvalue weighted by molar-refractivity contribution is 0.278. The summed E-state index contributed by atoms with van der Waals surface area (Å²) in [5.74, 6) is -0.268. The van der Waals surface area contributed by atoms with E-state index in [1.165, 1.54) is 23.5 Å². The molecule has 0 atom stereocenters. The largest absolute Gasteiger partial charge is 0.390 e. The van der Waals surface area contributed by atoms with E-state index in [9.17, 15) is 4.39 Å². The van der Waals surface area contributed by atoms with Crippen molar-refractivity contribution in [2.24, 2.45) is 0 Å². The van der Waals surface area contributed by atoms with Gasteiger partial charge in [-0.05, 0) is 24.3 Å². The van der Waals surface area contributed by atoms with Crippen LogP contribution in [0.25, 0.3) is 0 Å². The number of rotatable bonds is 3. The van der Waals surface area contributed by atoms with E-state index in [4.69, 9.17) is 5.11 Å². The lowest BCUT2D eigenvalue weighted by atomic mass is 10.3. The Morgan fingerprint density at radius 3 is 2.67 bits per heavy atom. The molecule has 0 aliphatic rings. The van der Waals surface area contributed by atoms with Crippen molar-refractivity contribution < 1.29 is 9.50 Å². The quantitative estimate of drug-likeness (QED) is 0.842. The van der Waals surface area contributed by atoms with E-state index in [0.29, 0.717) is 10.8 Å². The Morgan fingerprint density at radius 2 is 2.07 bits per heavy atom. The summed E-state index contributed by atoms with van der Waals surface area (Å²) in [6.07, 6.45) is 0. The van der Waals surface area contributed by atoms with Crippen LogP contribution in [0.5, 0.6) is 0 Å². The van der Waals surface area contributed by atoms with Crippen molar-refractivity contribution in [2.75, 3.05) is 5.32 Å². The molecule has 0 amide bonds. The molecule has 0 aliphatic carbocycles. The van der Waals surface area contributed by atoms with Gasteiger partial charge in [0, 0.05) is 11.1 Å². The van der Waals surface area contributed by atoms with Crippen molar-refractivity contribution in [1.29, 1.82) is 0 Å². The average molecular weight is 224 g/mol. The van der Waals surface area contributed by atoms with Gasteiger partial charge in [-0.3, -0.25) is 0 Å². The van der Waals surface area contributed by atoms with Crippen LogP contribution in [0.1, 0.15) is 5.69 Å². The van der Waals surface area contributed by atoms with E-state index in [2.05, 4.69) is 10.3 Å². The number of nitrogens with one attached hydrogen (secondary N) is 1. The number of hydrogen-bond acceptors (Lipinski definition) is 4. The van der Waals surface area contributed by atoms with Gasteiger partial charge in [-0.2, -0.15) is 0 Å². The highest BCUT2D eigenvalue weighted by molar-refractivity contribution is 7.13. The Bertz CT molecular complexity index is 441. The monoisotopic (exact) mass is 224 g/mol. The molecule has 0 radical (unpaired) electrons. The van der Waals surface area contributed by atoms with E-state index in [-0.39, 0.29) is 12.4 Å². The third-order valence-electron chi connectivity index (χ3n) is 1.81. The van der Waals surface area contributed by atoms with Gasteiger partial charge in [0.25, 0.3) is 0 Å². The van der Waals surface area contributed by atoms with Crippen molar-refractivity contribution in [1.82, 2.24) is 4.98 Å². The van der Waals surface area contributed by atoms with E-state index in [1.807, 2.05) is 0 Å². The summed E-state index contributed by atoms with van der Waals surface area (Å²) in [5, 5.41) is 14.3. The van der Waals surface area contributed by atoms with Gasteiger partial charge >= 0.3 is 0 Å². The van der Waals surface area contributed by atoms with Crippen LogP contribution in [0, 0.1) is 5.82 Å². The van der Waals surface area contributed by atoms with Gasteiger partial charge < -0.3 is 10.4 Å². The number of hydrogen-bond donors (Lipinski definition) is 2. The van der Waals surface area contributed by atoms with Crippen LogP contribution < -0.4 is 5.32 Å². The van der Waals surface area contributed by atoms with Crippen LogP contribution in [0.15, 0.2) is 29.6 Å². The summed E-state index contributed by atoms with van der Waals surface area (Å²) in [6.45, 7) is -0.0679. The van der Waals surface area contributed by atoms with Gasteiger partial charge in [-0.25, -0.2) is 9.37 Å². The number of anilines is 2. The van der Waals surface area contributed by atoms with Crippen molar-refractivity contribution in [3.8, 4) is 0 Å². The molecule has 0 bridgehead atoms. The number of benzene rings is 1. The molecule has 0 aliphatic heterocycles. The minimum absolute atomic E-state index is 0.0679. The molecule has 0 spiro atoms. The Balaban J connectivity index is 2.11. The highest BCUT2D eigenvalue weighted by Crippen LogP contribution is 2.20. The summed E-state index contributed by atoms with van der Waals surface area (Å²) < 4.78 is 12.6. The maximum absolute atomic E-state index is 12.6. The highest BCUT2D eigenvalue weighted by Gasteiger charge is 2.01. The second-order valence-electron chi connectivity index (χ2n) is 2.93. The number of aliphatic hydroxyl groups excluding tert-OH is 1. The predicted octanol–water partition coefficient (Wildman–Crippen LogP) is 2.52. The first kappa shape index (κ1) is 10.1. The number of aromatic nitrogens is 1. The zero-order chi connectivity index (χ0) is 10.7. The van der Waals surface area contributed by atoms with Crippen LogP contribution in [0.3, 0.4) is 0 Å². The summed E-state index contributed by atoms with van der Waals surface area (Å²) in [4.78, 5) is 4.11. The van der Waals surface area contributed by atoms with Gasteiger partial charge in [0.1, 0.15) is 5.82 Å². The third kappa shape index (κ3) is 2.51. The topological polar surface area (TPSA) is 45.1 Å². The molecule has 1 heterocycles. The minimum atomic E-state index is -0.268. The maximum Gasteiger partial charge on any atom is 0.187 e. The molecule has 2 rings (SSSR count). The highest BCUT2D eigenvalue weighted by atomic mass is 32.1. The Kier molecular flexibility index (Phi) is 2.94. The molecule has 0 fully saturated rings. The smallest absolute Gasteiger partial charge is 0.187 e. The summed E-state index contributed by atoms with van der Waals surface area (Å²) in [5.41, 5.74) is 1.40. The third-order valence-corrected chi connectivity index (χ3v) is 2.62. The molecule has 2 N–H and O–H groups in total. The molecule has 2 aromatic rings. The molecular formula is C10H9FN2OS. The fraction of sp³-hybridized carbons (Fsp3) is 0.100. The van der Waals surface area contributed by atoms with E-state index < -0.39 is 0 Å². The van der Waals surface area contributed by atoms with Gasteiger partial charge in [0.05, 0.1) is 12.3 Å². The van der Waals surface area contributed by atoms with Crippen molar-refractivity contribution in [2.45, 2.75) is 6.61 Å². The molecule has 1 aromatic carbocycles. The van der Waals surface area contributed by atoms with Crippen molar-refractivity contribution in [3.63, 3.8) is 0 Å². The van der Waals surface area contributed by atoms with Crippen molar-refractivity contribution in [3.05, 3.63) is 41.2 Å². The van der Waals surface area contributed by atoms with Crippen LogP contribution in [-0.2, 0) is 6.61 Å². The first-order valence-corrected chi connectivity index (χ1v) is 5.24. The summed E-state index contributed by atoms with van der Waals surface area (Å²) in [7, 11) is 0. The maximum atomic E-state index is 12.6. The average Bonchev–Trinajstić information content (AvgIpc) is 2.69. The van der Waals surface area contributed by atoms with E-state index in [1.54, 1.807) is 17.5 Å². The second kappa shape index (κ2) is 4.37. The number of thiazole rings is 1. The Hall–Kier alpha value is -1.46. The van der Waals surface area contributed by atoms with Gasteiger partial charge in [0.15, 0.2) is 5.13 Å². The molecule has 15 heavy (non-hydrogen) atoms. The summed E-state index contributed by atoms with van der Waals surface area (Å²) in [6, 6.07) is 6.02. The van der Waals surface area contributed by atoms with Gasteiger partial charge in [0.2, 0.25) is 0 Å². The molecular weight excluding hydrogens is 215 g/mol. The van der Waals surface area contributed by atoms with Crippen LogP contribution in [-0.4, -0.2) is 10.1 Å². The normalized spacial score (nSPS) is 10.3. The molecule has 0 saturated heterocycles. The zero-order valence-electron chi connectivity index (χ0n) is 7.77. The first-order valence-electron chi connectivity index (χ1n) is 4.36. The van der Waals surface area contributed by atoms with Crippen LogP contribution in [0.4, 0.5) is 15.2 Å². The predicted molar refractivity (Wildman–Crippen MR) is 57.7 cm³/mol. The van der Waals surface area contributed by atoms with Crippen molar-refractivity contribution >= 4 is 22.2 Å². The molecule has 1 aromatic heterocycles. The van der Waals surface area contributed by atoms with Gasteiger partial charge in [-0.15, -0.1) is 11.3 Å². The zero-order valence-corrected chi connectivity index (χ0v) is 8.59. The summed E-state index contributed by atoms with van der Waals surface area (Å²) >= 11 is 1.40.